The van der Waals surface area contributed by atoms with Crippen molar-refractivity contribution >= 4 is 15.9 Å². The van der Waals surface area contributed by atoms with Gasteiger partial charge < -0.3 is 14.2 Å². The van der Waals surface area contributed by atoms with E-state index in [1.54, 1.807) is 4.90 Å². The summed E-state index contributed by atoms with van der Waals surface area (Å²) in [7, 11) is -3.94. The number of likely N-dealkylation sites (tertiary alicyclic amines) is 1. The lowest BCUT2D eigenvalue weighted by atomic mass is 9.90. The molecule has 1 spiro atoms. The highest BCUT2D eigenvalue weighted by atomic mass is 32.2. The number of fused-ring (bicyclic) bond motifs is 1. The van der Waals surface area contributed by atoms with Gasteiger partial charge in [0.15, 0.2) is 5.76 Å². The lowest BCUT2D eigenvalue weighted by Crippen LogP contribution is -2.42. The minimum Gasteiger partial charge on any atom is -0.471 e. The molecule has 12 nitrogen and oxygen atoms in total. The molecule has 0 aliphatic carbocycles. The van der Waals surface area contributed by atoms with Crippen LogP contribution in [0.2, 0.25) is 0 Å². The molecule has 0 bridgehead atoms. The minimum atomic E-state index is -3.94. The highest BCUT2D eigenvalue weighted by Crippen LogP contribution is 2.37. The molecule has 1 amide bonds. The third-order valence-corrected chi connectivity index (χ3v) is 7.36. The first-order valence-electron chi connectivity index (χ1n) is 9.85. The van der Waals surface area contributed by atoms with Gasteiger partial charge in [0, 0.05) is 25.9 Å². The number of sulfonamides is 1. The first-order chi connectivity index (χ1) is 14.6. The van der Waals surface area contributed by atoms with Crippen molar-refractivity contribution in [3.8, 4) is 5.88 Å². The van der Waals surface area contributed by atoms with Gasteiger partial charge in [-0.15, -0.1) is 0 Å². The Hall–Kier alpha value is -2.93. The second kappa shape index (κ2) is 7.64. The summed E-state index contributed by atoms with van der Waals surface area (Å²) in [6.07, 6.45) is 2.00. The summed E-state index contributed by atoms with van der Waals surface area (Å²) < 4.78 is 38.2. The van der Waals surface area contributed by atoms with E-state index in [0.29, 0.717) is 44.3 Å². The first kappa shape index (κ1) is 21.3. The third-order valence-electron chi connectivity index (χ3n) is 5.72. The molecular weight excluding hydrogens is 430 g/mol. The predicted octanol–water partition coefficient (Wildman–Crippen LogP) is -0.667. The summed E-state index contributed by atoms with van der Waals surface area (Å²) in [5, 5.41) is 3.63. The Morgan fingerprint density at radius 1 is 1.23 bits per heavy atom. The molecule has 2 aromatic rings. The average Bonchev–Trinajstić information content (AvgIpc) is 3.14. The zero-order valence-corrected chi connectivity index (χ0v) is 17.9. The fourth-order valence-electron chi connectivity index (χ4n) is 4.21. The number of rotatable bonds is 4. The van der Waals surface area contributed by atoms with Crippen molar-refractivity contribution in [1.82, 2.24) is 24.7 Å². The van der Waals surface area contributed by atoms with Crippen LogP contribution in [0.5, 0.6) is 5.88 Å². The molecule has 4 rings (SSSR count). The molecule has 168 valence electrons. The second-order valence-corrected chi connectivity index (χ2v) is 9.59. The number of hydrogen-bond acceptors (Lipinski definition) is 8. The molecule has 1 saturated heterocycles. The number of hydrogen-bond donors (Lipinski definition) is 3. The Bertz CT molecular complexity index is 1230. The SMILES string of the molecule is Cc1noc(C)c1S(=O)(=O)NCC(=O)N1CCC[C@]2(CC1)Cc1c([nH]c(=O)[nH]c1=O)O2. The maximum Gasteiger partial charge on any atom is 0.328 e. The molecular formula is C18H23N5O7S. The number of carbonyl (C=O) groups is 1. The van der Waals surface area contributed by atoms with Gasteiger partial charge in [0.1, 0.15) is 16.2 Å². The van der Waals surface area contributed by atoms with E-state index in [0.717, 1.165) is 0 Å². The number of aromatic nitrogens is 3. The number of nitrogens with zero attached hydrogens (tertiary/aromatic N) is 2. The topological polar surface area (TPSA) is 167 Å². The quantitative estimate of drug-likeness (QED) is 0.548. The summed E-state index contributed by atoms with van der Waals surface area (Å²) in [5.74, 6) is -0.0324. The van der Waals surface area contributed by atoms with Gasteiger partial charge in [0.25, 0.3) is 5.56 Å². The van der Waals surface area contributed by atoms with Crippen molar-refractivity contribution in [3.05, 3.63) is 37.9 Å². The molecule has 13 heteroatoms. The van der Waals surface area contributed by atoms with Crippen LogP contribution in [-0.2, 0) is 21.2 Å². The standard InChI is InChI=1S/C18H23N5O7S/c1-10-14(11(2)30-22-10)31(27,28)19-9-13(24)23-6-3-4-18(5-7-23)8-12-15(25)20-17(26)21-16(12)29-18/h19H,3-9H2,1-2H3,(H2,20,21,25,26)/t18-/m0/s1. The van der Waals surface area contributed by atoms with Crippen LogP contribution in [0.3, 0.4) is 0 Å². The zero-order chi connectivity index (χ0) is 22.4. The molecule has 1 atom stereocenters. The fourth-order valence-corrected chi connectivity index (χ4v) is 5.51. The van der Waals surface area contributed by atoms with Crippen molar-refractivity contribution < 1.29 is 22.5 Å². The van der Waals surface area contributed by atoms with Gasteiger partial charge in [-0.25, -0.2) is 17.9 Å². The van der Waals surface area contributed by atoms with Gasteiger partial charge in [-0.2, -0.15) is 0 Å². The molecule has 2 aliphatic rings. The first-order valence-corrected chi connectivity index (χ1v) is 11.3. The summed E-state index contributed by atoms with van der Waals surface area (Å²) in [5.41, 5.74) is -1.16. The van der Waals surface area contributed by atoms with Crippen molar-refractivity contribution in [2.45, 2.75) is 50.0 Å². The van der Waals surface area contributed by atoms with E-state index in [9.17, 15) is 22.8 Å². The molecule has 1 fully saturated rings. The number of nitrogens with one attached hydrogen (secondary N) is 3. The van der Waals surface area contributed by atoms with Crippen LogP contribution in [-0.4, -0.2) is 59.6 Å². The summed E-state index contributed by atoms with van der Waals surface area (Å²) in [4.78, 5) is 42.4. The second-order valence-electron chi connectivity index (χ2n) is 7.89. The van der Waals surface area contributed by atoms with Crippen LogP contribution in [0.25, 0.3) is 0 Å². The van der Waals surface area contributed by atoms with Crippen LogP contribution in [0.15, 0.2) is 19.0 Å². The number of ether oxygens (including phenoxy) is 1. The molecule has 0 aromatic carbocycles. The van der Waals surface area contributed by atoms with Gasteiger partial charge in [-0.3, -0.25) is 19.6 Å². The normalized spacial score (nSPS) is 21.0. The Labute approximate surface area is 177 Å². The fraction of sp³-hybridized carbons (Fsp3) is 0.556. The van der Waals surface area contributed by atoms with Crippen LogP contribution in [0, 0.1) is 13.8 Å². The zero-order valence-electron chi connectivity index (χ0n) is 17.1. The predicted molar refractivity (Wildman–Crippen MR) is 106 cm³/mol. The van der Waals surface area contributed by atoms with Crippen LogP contribution in [0.1, 0.15) is 36.3 Å². The molecule has 3 N–H and O–H groups in total. The molecule has 0 radical (unpaired) electrons. The van der Waals surface area contributed by atoms with E-state index in [1.165, 1.54) is 13.8 Å². The van der Waals surface area contributed by atoms with Crippen LogP contribution in [0.4, 0.5) is 0 Å². The van der Waals surface area contributed by atoms with E-state index in [2.05, 4.69) is 19.8 Å². The number of carbonyl (C=O) groups excluding carboxylic acids is 1. The Kier molecular flexibility index (Phi) is 5.25. The van der Waals surface area contributed by atoms with E-state index in [4.69, 9.17) is 9.26 Å². The largest absolute Gasteiger partial charge is 0.471 e. The monoisotopic (exact) mass is 453 g/mol. The van der Waals surface area contributed by atoms with Crippen molar-refractivity contribution in [2.75, 3.05) is 19.6 Å². The maximum atomic E-state index is 12.7. The van der Waals surface area contributed by atoms with Crippen molar-refractivity contribution in [3.63, 3.8) is 0 Å². The van der Waals surface area contributed by atoms with E-state index < -0.39 is 33.4 Å². The molecule has 0 saturated carbocycles. The van der Waals surface area contributed by atoms with Gasteiger partial charge in [0.05, 0.1) is 12.1 Å². The molecule has 2 aliphatic heterocycles. The number of H-pyrrole nitrogens is 2. The highest BCUT2D eigenvalue weighted by molar-refractivity contribution is 7.89. The Balaban J connectivity index is 1.40. The smallest absolute Gasteiger partial charge is 0.328 e. The highest BCUT2D eigenvalue weighted by Gasteiger charge is 2.43. The molecule has 2 aromatic heterocycles. The summed E-state index contributed by atoms with van der Waals surface area (Å²) in [6, 6.07) is 0. The van der Waals surface area contributed by atoms with Crippen molar-refractivity contribution in [1.29, 1.82) is 0 Å². The Morgan fingerprint density at radius 3 is 2.71 bits per heavy atom. The molecule has 0 unspecified atom stereocenters. The number of aryl methyl sites for hydroxylation is 2. The lowest BCUT2D eigenvalue weighted by molar-refractivity contribution is -0.130. The van der Waals surface area contributed by atoms with E-state index in [-0.39, 0.29) is 28.1 Å². The van der Waals surface area contributed by atoms with Gasteiger partial charge in [-0.05, 0) is 26.7 Å². The van der Waals surface area contributed by atoms with Gasteiger partial charge in [-0.1, -0.05) is 5.16 Å². The average molecular weight is 453 g/mol. The molecule has 31 heavy (non-hydrogen) atoms. The summed E-state index contributed by atoms with van der Waals surface area (Å²) >= 11 is 0. The summed E-state index contributed by atoms with van der Waals surface area (Å²) in [6.45, 7) is 3.37. The lowest BCUT2D eigenvalue weighted by Gasteiger charge is -2.27. The van der Waals surface area contributed by atoms with Gasteiger partial charge in [0.2, 0.25) is 21.8 Å². The Morgan fingerprint density at radius 2 is 2.00 bits per heavy atom. The van der Waals surface area contributed by atoms with Crippen LogP contribution < -0.4 is 20.7 Å². The van der Waals surface area contributed by atoms with Crippen LogP contribution >= 0.6 is 0 Å². The van der Waals surface area contributed by atoms with Gasteiger partial charge >= 0.3 is 5.69 Å². The maximum absolute atomic E-state index is 12.7. The van der Waals surface area contributed by atoms with E-state index in [1.807, 2.05) is 0 Å². The number of aromatic amines is 2. The van der Waals surface area contributed by atoms with E-state index >= 15 is 0 Å². The third kappa shape index (κ3) is 4.02. The van der Waals surface area contributed by atoms with Crippen molar-refractivity contribution in [2.24, 2.45) is 0 Å². The minimum absolute atomic E-state index is 0.0635. The number of amides is 1. The molecule has 4 heterocycles.